The van der Waals surface area contributed by atoms with Gasteiger partial charge in [-0.05, 0) is 43.6 Å². The smallest absolute Gasteiger partial charge is 0.399 e. The average molecular weight is 318 g/mol. The van der Waals surface area contributed by atoms with Crippen LogP contribution in [0.4, 0.5) is 0 Å². The molecule has 0 aliphatic carbocycles. The van der Waals surface area contributed by atoms with Crippen molar-refractivity contribution in [1.29, 1.82) is 0 Å². The molecule has 2 heterocycles. The van der Waals surface area contributed by atoms with Gasteiger partial charge in [0.15, 0.2) is 0 Å². The van der Waals surface area contributed by atoms with Crippen molar-refractivity contribution < 1.29 is 9.31 Å². The van der Waals surface area contributed by atoms with Crippen molar-refractivity contribution in [1.82, 2.24) is 4.98 Å². The van der Waals surface area contributed by atoms with Gasteiger partial charge in [-0.15, -0.1) is 0 Å². The summed E-state index contributed by atoms with van der Waals surface area (Å²) in [6, 6.07) is 0. The molecule has 0 amide bonds. The van der Waals surface area contributed by atoms with Crippen molar-refractivity contribution in [2.24, 2.45) is 0 Å². The van der Waals surface area contributed by atoms with Gasteiger partial charge < -0.3 is 9.31 Å². The molecular formula is C11H14BBrClNO2. The molecule has 1 aliphatic heterocycles. The Hall–Kier alpha value is -0.0951. The SMILES string of the molecule is CC1(C)OB(c2c(Cl)cncc2Br)OC1(C)C. The summed E-state index contributed by atoms with van der Waals surface area (Å²) in [6.45, 7) is 8.04. The zero-order valence-electron chi connectivity index (χ0n) is 10.3. The molecular weight excluding hydrogens is 304 g/mol. The van der Waals surface area contributed by atoms with E-state index >= 15 is 0 Å². The predicted octanol–water partition coefficient (Wildman–Crippen LogP) is 2.80. The Bertz CT molecular complexity index is 417. The Labute approximate surface area is 115 Å². The minimum Gasteiger partial charge on any atom is -0.399 e. The van der Waals surface area contributed by atoms with E-state index in [2.05, 4.69) is 20.9 Å². The van der Waals surface area contributed by atoms with E-state index in [0.29, 0.717) is 5.02 Å². The molecule has 3 nitrogen and oxygen atoms in total. The van der Waals surface area contributed by atoms with Crippen LogP contribution in [0.5, 0.6) is 0 Å². The highest BCUT2D eigenvalue weighted by molar-refractivity contribution is 9.10. The molecule has 0 radical (unpaired) electrons. The Kier molecular flexibility index (Phi) is 3.32. The molecule has 1 aromatic heterocycles. The number of hydrogen-bond donors (Lipinski definition) is 0. The maximum absolute atomic E-state index is 6.14. The molecule has 1 aliphatic rings. The Morgan fingerprint density at radius 3 is 2.18 bits per heavy atom. The van der Waals surface area contributed by atoms with Crippen LogP contribution in [0.25, 0.3) is 0 Å². The van der Waals surface area contributed by atoms with Crippen LogP contribution >= 0.6 is 27.5 Å². The van der Waals surface area contributed by atoms with Crippen molar-refractivity contribution in [2.45, 2.75) is 38.9 Å². The zero-order chi connectivity index (χ0) is 12.8. The number of aromatic nitrogens is 1. The van der Waals surface area contributed by atoms with E-state index < -0.39 is 7.12 Å². The normalized spacial score (nSPS) is 21.9. The minimum absolute atomic E-state index is 0.371. The van der Waals surface area contributed by atoms with Gasteiger partial charge >= 0.3 is 7.12 Å². The molecule has 17 heavy (non-hydrogen) atoms. The molecule has 0 unspecified atom stereocenters. The van der Waals surface area contributed by atoms with E-state index in [-0.39, 0.29) is 11.2 Å². The fourth-order valence-corrected chi connectivity index (χ4v) is 2.49. The monoisotopic (exact) mass is 317 g/mol. The Morgan fingerprint density at radius 1 is 1.18 bits per heavy atom. The third kappa shape index (κ3) is 2.26. The van der Waals surface area contributed by atoms with E-state index in [9.17, 15) is 0 Å². The summed E-state index contributed by atoms with van der Waals surface area (Å²) < 4.78 is 12.7. The molecule has 2 rings (SSSR count). The Balaban J connectivity index is 2.39. The lowest BCUT2D eigenvalue weighted by molar-refractivity contribution is 0.00578. The number of halogens is 2. The fourth-order valence-electron chi connectivity index (χ4n) is 1.61. The van der Waals surface area contributed by atoms with Crippen LogP contribution in [0.3, 0.4) is 0 Å². The summed E-state index contributed by atoms with van der Waals surface area (Å²) in [4.78, 5) is 4.00. The molecule has 1 fully saturated rings. The van der Waals surface area contributed by atoms with Gasteiger partial charge in [-0.1, -0.05) is 11.6 Å². The van der Waals surface area contributed by atoms with Crippen molar-refractivity contribution in [3.05, 3.63) is 21.9 Å². The molecule has 0 saturated carbocycles. The number of rotatable bonds is 1. The van der Waals surface area contributed by atoms with Gasteiger partial charge in [-0.3, -0.25) is 4.98 Å². The second-order valence-corrected chi connectivity index (χ2v) is 6.37. The van der Waals surface area contributed by atoms with Gasteiger partial charge in [-0.2, -0.15) is 0 Å². The van der Waals surface area contributed by atoms with Crippen molar-refractivity contribution >= 4 is 40.1 Å². The average Bonchev–Trinajstić information content (AvgIpc) is 2.35. The first-order valence-corrected chi connectivity index (χ1v) is 6.56. The predicted molar refractivity (Wildman–Crippen MR) is 72.7 cm³/mol. The molecule has 0 N–H and O–H groups in total. The van der Waals surface area contributed by atoms with Crippen LogP contribution in [0.15, 0.2) is 16.9 Å². The largest absolute Gasteiger partial charge is 0.497 e. The van der Waals surface area contributed by atoms with Gasteiger partial charge in [0.1, 0.15) is 0 Å². The third-order valence-corrected chi connectivity index (χ3v) is 4.31. The van der Waals surface area contributed by atoms with Gasteiger partial charge in [-0.25, -0.2) is 0 Å². The second kappa shape index (κ2) is 4.23. The molecule has 0 atom stereocenters. The van der Waals surface area contributed by atoms with Crippen molar-refractivity contribution in [3.63, 3.8) is 0 Å². The van der Waals surface area contributed by atoms with Gasteiger partial charge in [0, 0.05) is 22.3 Å². The maximum Gasteiger partial charge on any atom is 0.497 e. The number of pyridine rings is 1. The first kappa shape index (κ1) is 13.3. The van der Waals surface area contributed by atoms with Gasteiger partial charge in [0.2, 0.25) is 0 Å². The molecule has 1 saturated heterocycles. The standard InChI is InChI=1S/C11H14BBrClNO2/c1-10(2)11(3,4)17-12(16-10)9-7(13)5-15-6-8(9)14/h5-6H,1-4H3. The molecule has 1 aromatic rings. The van der Waals surface area contributed by atoms with Crippen LogP contribution in [0.1, 0.15) is 27.7 Å². The molecule has 6 heteroatoms. The lowest BCUT2D eigenvalue weighted by atomic mass is 9.80. The number of hydrogen-bond acceptors (Lipinski definition) is 3. The van der Waals surface area contributed by atoms with E-state index in [1.165, 1.54) is 0 Å². The van der Waals surface area contributed by atoms with E-state index in [1.54, 1.807) is 12.4 Å². The lowest BCUT2D eigenvalue weighted by Crippen LogP contribution is -2.41. The summed E-state index contributed by atoms with van der Waals surface area (Å²) in [5.74, 6) is 0. The van der Waals surface area contributed by atoms with Crippen molar-refractivity contribution in [2.75, 3.05) is 0 Å². The van der Waals surface area contributed by atoms with Crippen LogP contribution in [-0.4, -0.2) is 23.3 Å². The van der Waals surface area contributed by atoms with Crippen LogP contribution in [0, 0.1) is 0 Å². The highest BCUT2D eigenvalue weighted by atomic mass is 79.9. The zero-order valence-corrected chi connectivity index (χ0v) is 12.6. The van der Waals surface area contributed by atoms with Crippen LogP contribution < -0.4 is 5.46 Å². The molecule has 0 spiro atoms. The topological polar surface area (TPSA) is 31.4 Å². The highest BCUT2D eigenvalue weighted by Crippen LogP contribution is 2.37. The van der Waals surface area contributed by atoms with Crippen LogP contribution in [0.2, 0.25) is 5.02 Å². The minimum atomic E-state index is -0.468. The first-order chi connectivity index (χ1) is 7.74. The summed E-state index contributed by atoms with van der Waals surface area (Å²) in [5, 5.41) is 0.540. The molecule has 92 valence electrons. The first-order valence-electron chi connectivity index (χ1n) is 5.39. The Morgan fingerprint density at radius 2 is 1.71 bits per heavy atom. The third-order valence-electron chi connectivity index (χ3n) is 3.38. The number of nitrogens with zero attached hydrogens (tertiary/aromatic N) is 1. The maximum atomic E-state index is 6.14. The second-order valence-electron chi connectivity index (χ2n) is 5.11. The van der Waals surface area contributed by atoms with E-state index in [4.69, 9.17) is 20.9 Å². The summed E-state index contributed by atoms with van der Waals surface area (Å²) >= 11 is 9.57. The van der Waals surface area contributed by atoms with E-state index in [1.807, 2.05) is 27.7 Å². The lowest BCUT2D eigenvalue weighted by Gasteiger charge is -2.32. The highest BCUT2D eigenvalue weighted by Gasteiger charge is 2.52. The fraction of sp³-hybridized carbons (Fsp3) is 0.545. The quantitative estimate of drug-likeness (QED) is 0.746. The summed E-state index contributed by atoms with van der Waals surface area (Å²) in [6.07, 6.45) is 3.28. The molecule has 0 aromatic carbocycles. The van der Waals surface area contributed by atoms with Gasteiger partial charge in [0.25, 0.3) is 0 Å². The summed E-state index contributed by atoms with van der Waals surface area (Å²) in [7, 11) is -0.468. The molecule has 0 bridgehead atoms. The van der Waals surface area contributed by atoms with E-state index in [0.717, 1.165) is 9.94 Å². The van der Waals surface area contributed by atoms with Crippen LogP contribution in [-0.2, 0) is 9.31 Å². The van der Waals surface area contributed by atoms with Gasteiger partial charge in [0.05, 0.1) is 16.2 Å². The summed E-state index contributed by atoms with van der Waals surface area (Å²) in [5.41, 5.74) is 0.0493. The van der Waals surface area contributed by atoms with Crippen molar-refractivity contribution in [3.8, 4) is 0 Å².